The summed E-state index contributed by atoms with van der Waals surface area (Å²) in [5, 5.41) is 10.1. The Morgan fingerprint density at radius 1 is 1.11 bits per heavy atom. The van der Waals surface area contributed by atoms with Crippen LogP contribution in [0, 0.1) is 5.92 Å². The van der Waals surface area contributed by atoms with Crippen molar-refractivity contribution in [2.75, 3.05) is 25.6 Å². The first-order chi connectivity index (χ1) is 17.1. The second-order valence-electron chi connectivity index (χ2n) is 8.46. The van der Waals surface area contributed by atoms with Crippen LogP contribution in [-0.4, -0.2) is 41.9 Å². The van der Waals surface area contributed by atoms with Crippen molar-refractivity contribution in [2.45, 2.75) is 33.2 Å². The van der Waals surface area contributed by atoms with Gasteiger partial charge in [-0.25, -0.2) is 0 Å². The lowest BCUT2D eigenvalue weighted by atomic mass is 9.90. The number of nitrogens with one attached hydrogen (secondary N) is 1. The molecule has 1 aliphatic heterocycles. The van der Waals surface area contributed by atoms with Crippen molar-refractivity contribution in [3.05, 3.63) is 83.7 Å². The Labute approximate surface area is 206 Å². The summed E-state index contributed by atoms with van der Waals surface area (Å²) in [6, 6.07) is 17.4. The summed E-state index contributed by atoms with van der Waals surface area (Å²) in [4.78, 5) is 16.4. The average molecular weight is 473 g/mol. The van der Waals surface area contributed by atoms with Gasteiger partial charge in [-0.05, 0) is 67.8 Å². The molecule has 182 valence electrons. The van der Waals surface area contributed by atoms with Gasteiger partial charge in [0.2, 0.25) is 0 Å². The van der Waals surface area contributed by atoms with E-state index in [9.17, 15) is 4.79 Å². The van der Waals surface area contributed by atoms with Crippen molar-refractivity contribution in [2.24, 2.45) is 11.0 Å². The molecule has 1 aliphatic rings. The van der Waals surface area contributed by atoms with E-state index in [0.717, 1.165) is 53.4 Å². The van der Waals surface area contributed by atoms with Crippen LogP contribution in [0.2, 0.25) is 0 Å². The highest BCUT2D eigenvalue weighted by atomic mass is 16.5. The summed E-state index contributed by atoms with van der Waals surface area (Å²) in [7, 11) is 1.65. The quantitative estimate of drug-likeness (QED) is 0.453. The van der Waals surface area contributed by atoms with Crippen LogP contribution in [0.4, 0.5) is 5.69 Å². The number of ether oxygens (including phenoxy) is 2. The van der Waals surface area contributed by atoms with Crippen molar-refractivity contribution < 1.29 is 14.3 Å². The predicted octanol–water partition coefficient (Wildman–Crippen LogP) is 5.38. The number of anilines is 1. The normalized spacial score (nSPS) is 15.3. The molecule has 1 amide bonds. The van der Waals surface area contributed by atoms with Gasteiger partial charge < -0.3 is 14.8 Å². The molecular weight excluding hydrogens is 440 g/mol. The van der Waals surface area contributed by atoms with Crippen LogP contribution in [0.15, 0.2) is 72.1 Å². The third kappa shape index (κ3) is 5.98. The van der Waals surface area contributed by atoms with E-state index < -0.39 is 0 Å². The minimum atomic E-state index is -0.173. The van der Waals surface area contributed by atoms with E-state index in [0.29, 0.717) is 24.6 Å². The molecule has 0 spiro atoms. The molecule has 0 radical (unpaired) electrons. The summed E-state index contributed by atoms with van der Waals surface area (Å²) in [5.41, 5.74) is 4.57. The zero-order valence-electron chi connectivity index (χ0n) is 20.5. The highest BCUT2D eigenvalue weighted by molar-refractivity contribution is 6.04. The minimum absolute atomic E-state index is 0.173. The summed E-state index contributed by atoms with van der Waals surface area (Å²) >= 11 is 0. The number of hydrogen-bond acceptors (Lipinski definition) is 6. The highest BCUT2D eigenvalue weighted by Crippen LogP contribution is 2.31. The molecular formula is C28H32N4O3. The number of hydrogen-bond donors (Lipinski definition) is 1. The first-order valence-corrected chi connectivity index (χ1v) is 12.1. The van der Waals surface area contributed by atoms with Gasteiger partial charge in [-0.3, -0.25) is 14.8 Å². The maximum absolute atomic E-state index is 12.4. The molecule has 0 saturated heterocycles. The van der Waals surface area contributed by atoms with Gasteiger partial charge in [0, 0.05) is 36.1 Å². The second-order valence-corrected chi connectivity index (χ2v) is 8.46. The topological polar surface area (TPSA) is 76.0 Å². The van der Waals surface area contributed by atoms with E-state index >= 15 is 0 Å². The first-order valence-electron chi connectivity index (χ1n) is 12.1. The largest absolute Gasteiger partial charge is 0.493 e. The van der Waals surface area contributed by atoms with Gasteiger partial charge in [-0.1, -0.05) is 19.1 Å². The smallest absolute Gasteiger partial charge is 0.257 e. The molecule has 2 aromatic carbocycles. The van der Waals surface area contributed by atoms with Gasteiger partial charge >= 0.3 is 0 Å². The zero-order valence-corrected chi connectivity index (χ0v) is 20.5. The number of hydrazone groups is 1. The molecule has 2 heterocycles. The Morgan fingerprint density at radius 3 is 2.63 bits per heavy atom. The first kappa shape index (κ1) is 24.3. The van der Waals surface area contributed by atoms with E-state index in [1.165, 1.54) is 0 Å². The van der Waals surface area contributed by atoms with Crippen LogP contribution in [0.3, 0.4) is 0 Å². The molecule has 0 saturated carbocycles. The van der Waals surface area contributed by atoms with Gasteiger partial charge in [0.05, 0.1) is 31.5 Å². The second kappa shape index (κ2) is 11.5. The van der Waals surface area contributed by atoms with Crippen molar-refractivity contribution in [1.29, 1.82) is 0 Å². The van der Waals surface area contributed by atoms with E-state index in [2.05, 4.69) is 28.3 Å². The third-order valence-corrected chi connectivity index (χ3v) is 6.12. The van der Waals surface area contributed by atoms with Gasteiger partial charge in [0.1, 0.15) is 0 Å². The van der Waals surface area contributed by atoms with Crippen LogP contribution < -0.4 is 14.8 Å². The number of methoxy groups -OCH3 is 1. The molecule has 1 N–H and O–H groups in total. The Kier molecular flexibility index (Phi) is 7.98. The Morgan fingerprint density at radius 2 is 1.94 bits per heavy atom. The summed E-state index contributed by atoms with van der Waals surface area (Å²) in [5.74, 6) is 1.70. The van der Waals surface area contributed by atoms with Crippen LogP contribution in [0.5, 0.6) is 11.5 Å². The lowest BCUT2D eigenvalue weighted by Gasteiger charge is -2.31. The lowest BCUT2D eigenvalue weighted by molar-refractivity contribution is 0.102. The molecule has 35 heavy (non-hydrogen) atoms. The van der Waals surface area contributed by atoms with E-state index in [1.807, 2.05) is 43.3 Å². The van der Waals surface area contributed by atoms with Crippen molar-refractivity contribution >= 4 is 17.3 Å². The van der Waals surface area contributed by atoms with Crippen LogP contribution in [-0.2, 0) is 6.54 Å². The molecule has 7 nitrogen and oxygen atoms in total. The van der Waals surface area contributed by atoms with Crippen LogP contribution >= 0.6 is 0 Å². The van der Waals surface area contributed by atoms with E-state index in [4.69, 9.17) is 14.6 Å². The summed E-state index contributed by atoms with van der Waals surface area (Å²) in [6.45, 7) is 6.35. The minimum Gasteiger partial charge on any atom is -0.493 e. The number of pyridine rings is 1. The van der Waals surface area contributed by atoms with Crippen molar-refractivity contribution in [1.82, 2.24) is 9.99 Å². The molecule has 4 rings (SSSR count). The SMILES string of the molecule is CCOc1cc(C2=NN(Cc3ccc(NC(=O)c4cccnc4)cc3)CCC2CC)ccc1OC. The Hall–Kier alpha value is -3.87. The number of carbonyl (C=O) groups excluding carboxylic acids is 1. The molecule has 0 fully saturated rings. The standard InChI is InChI=1S/C28H32N4O3/c1-4-21-14-16-32(31-27(21)22-10-13-25(34-3)26(17-22)35-5-2)19-20-8-11-24(12-9-20)30-28(33)23-7-6-15-29-18-23/h6-13,15,17-18,21H,4-5,14,16,19H2,1-3H3,(H,30,33). The van der Waals surface area contributed by atoms with Crippen LogP contribution in [0.25, 0.3) is 0 Å². The fourth-order valence-electron chi connectivity index (χ4n) is 4.24. The number of nitrogens with zero attached hydrogens (tertiary/aromatic N) is 3. The fraction of sp³-hybridized carbons (Fsp3) is 0.321. The summed E-state index contributed by atoms with van der Waals surface area (Å²) < 4.78 is 11.2. The van der Waals surface area contributed by atoms with Crippen molar-refractivity contribution in [3.63, 3.8) is 0 Å². The molecule has 1 atom stereocenters. The maximum atomic E-state index is 12.4. The number of rotatable bonds is 9. The monoisotopic (exact) mass is 472 g/mol. The van der Waals surface area contributed by atoms with Gasteiger partial charge in [0.15, 0.2) is 11.5 Å². The van der Waals surface area contributed by atoms with E-state index in [-0.39, 0.29) is 5.91 Å². The molecule has 0 aliphatic carbocycles. The lowest BCUT2D eigenvalue weighted by Crippen LogP contribution is -2.32. The molecule has 7 heteroatoms. The zero-order chi connectivity index (χ0) is 24.6. The number of benzene rings is 2. The number of aromatic nitrogens is 1. The van der Waals surface area contributed by atoms with E-state index in [1.54, 1.807) is 31.6 Å². The van der Waals surface area contributed by atoms with Crippen LogP contribution in [0.1, 0.15) is 48.2 Å². The highest BCUT2D eigenvalue weighted by Gasteiger charge is 2.24. The van der Waals surface area contributed by atoms with Gasteiger partial charge in [-0.15, -0.1) is 0 Å². The molecule has 1 unspecified atom stereocenters. The maximum Gasteiger partial charge on any atom is 0.257 e. The van der Waals surface area contributed by atoms with Crippen molar-refractivity contribution in [3.8, 4) is 11.5 Å². The third-order valence-electron chi connectivity index (χ3n) is 6.12. The van der Waals surface area contributed by atoms with Gasteiger partial charge in [-0.2, -0.15) is 5.10 Å². The number of carbonyl (C=O) groups is 1. The predicted molar refractivity (Wildman–Crippen MR) is 138 cm³/mol. The molecule has 0 bridgehead atoms. The summed E-state index contributed by atoms with van der Waals surface area (Å²) in [6.07, 6.45) is 5.28. The fourth-order valence-corrected chi connectivity index (χ4v) is 4.24. The molecule has 3 aromatic rings. The van der Waals surface area contributed by atoms with Gasteiger partial charge in [0.25, 0.3) is 5.91 Å². The molecule has 1 aromatic heterocycles. The Bertz CT molecular complexity index is 1160. The average Bonchev–Trinajstić information content (AvgIpc) is 2.90. The Balaban J connectivity index is 1.48. The number of amides is 1.